The van der Waals surface area contributed by atoms with Crippen molar-refractivity contribution in [3.8, 4) is 0 Å². The summed E-state index contributed by atoms with van der Waals surface area (Å²) in [6.45, 7) is 0.0913. The SMILES string of the molecule is O=C(Cn1cncn1)N(CC(O)c1ccccc1)c1ccccc1Cl. The van der Waals surface area contributed by atoms with Crippen molar-refractivity contribution in [1.82, 2.24) is 14.8 Å². The van der Waals surface area contributed by atoms with Gasteiger partial charge in [0.15, 0.2) is 0 Å². The van der Waals surface area contributed by atoms with Crippen LogP contribution in [0.15, 0.2) is 67.3 Å². The average molecular weight is 357 g/mol. The van der Waals surface area contributed by atoms with Gasteiger partial charge in [0.1, 0.15) is 19.2 Å². The molecule has 0 aliphatic carbocycles. The first-order chi connectivity index (χ1) is 12.1. The Kier molecular flexibility index (Phi) is 5.42. The Morgan fingerprint density at radius 2 is 1.88 bits per heavy atom. The monoisotopic (exact) mass is 356 g/mol. The van der Waals surface area contributed by atoms with Crippen molar-refractivity contribution in [1.29, 1.82) is 0 Å². The number of amides is 1. The van der Waals surface area contributed by atoms with E-state index in [2.05, 4.69) is 10.1 Å². The van der Waals surface area contributed by atoms with E-state index in [4.69, 9.17) is 11.6 Å². The smallest absolute Gasteiger partial charge is 0.248 e. The number of aromatic nitrogens is 3. The first-order valence-corrected chi connectivity index (χ1v) is 8.13. The highest BCUT2D eigenvalue weighted by Gasteiger charge is 2.22. The van der Waals surface area contributed by atoms with E-state index in [9.17, 15) is 9.90 Å². The molecule has 0 aliphatic rings. The minimum Gasteiger partial charge on any atom is -0.387 e. The quantitative estimate of drug-likeness (QED) is 0.737. The minimum atomic E-state index is -0.836. The highest BCUT2D eigenvalue weighted by molar-refractivity contribution is 6.33. The van der Waals surface area contributed by atoms with Gasteiger partial charge in [-0.25, -0.2) is 9.67 Å². The van der Waals surface area contributed by atoms with Crippen LogP contribution in [0, 0.1) is 0 Å². The number of carbonyl (C=O) groups is 1. The summed E-state index contributed by atoms with van der Waals surface area (Å²) in [6, 6.07) is 16.2. The van der Waals surface area contributed by atoms with Gasteiger partial charge in [-0.15, -0.1) is 0 Å². The number of aliphatic hydroxyl groups excluding tert-OH is 1. The molecule has 0 bridgehead atoms. The molecule has 0 spiro atoms. The molecule has 2 aromatic carbocycles. The Balaban J connectivity index is 1.86. The summed E-state index contributed by atoms with van der Waals surface area (Å²) < 4.78 is 1.43. The maximum Gasteiger partial charge on any atom is 0.248 e. The molecule has 0 radical (unpaired) electrons. The van der Waals surface area contributed by atoms with Crippen molar-refractivity contribution >= 4 is 23.2 Å². The topological polar surface area (TPSA) is 71.2 Å². The van der Waals surface area contributed by atoms with Crippen molar-refractivity contribution in [2.45, 2.75) is 12.6 Å². The van der Waals surface area contributed by atoms with Gasteiger partial charge in [-0.3, -0.25) is 4.79 Å². The van der Waals surface area contributed by atoms with Gasteiger partial charge in [0.25, 0.3) is 0 Å². The molecule has 3 aromatic rings. The van der Waals surface area contributed by atoms with Crippen LogP contribution >= 0.6 is 11.6 Å². The molecule has 0 fully saturated rings. The summed E-state index contributed by atoms with van der Waals surface area (Å²) in [5.74, 6) is -0.242. The van der Waals surface area contributed by atoms with Crippen LogP contribution in [0.5, 0.6) is 0 Å². The Morgan fingerprint density at radius 3 is 2.56 bits per heavy atom. The summed E-state index contributed by atoms with van der Waals surface area (Å²) in [6.07, 6.45) is 2.00. The molecular formula is C18H17ClN4O2. The molecule has 128 valence electrons. The molecule has 6 nitrogen and oxygen atoms in total. The Labute approximate surface area is 150 Å². The number of rotatable bonds is 6. The second-order valence-corrected chi connectivity index (χ2v) is 5.88. The molecule has 1 aromatic heterocycles. The van der Waals surface area contributed by atoms with Crippen LogP contribution in [0.3, 0.4) is 0 Å². The second-order valence-electron chi connectivity index (χ2n) is 5.48. The van der Waals surface area contributed by atoms with Gasteiger partial charge in [0, 0.05) is 0 Å². The fourth-order valence-electron chi connectivity index (χ4n) is 2.50. The van der Waals surface area contributed by atoms with Crippen LogP contribution in [0.2, 0.25) is 5.02 Å². The summed E-state index contributed by atoms with van der Waals surface area (Å²) in [5.41, 5.74) is 1.28. The second kappa shape index (κ2) is 7.92. The fraction of sp³-hybridized carbons (Fsp3) is 0.167. The van der Waals surface area contributed by atoms with Crippen molar-refractivity contribution in [3.05, 3.63) is 77.8 Å². The third-order valence-electron chi connectivity index (χ3n) is 3.75. The van der Waals surface area contributed by atoms with Crippen LogP contribution in [0.25, 0.3) is 0 Å². The maximum atomic E-state index is 12.8. The Hall–Kier alpha value is -2.70. The summed E-state index contributed by atoms with van der Waals surface area (Å²) in [7, 11) is 0. The van der Waals surface area contributed by atoms with E-state index in [1.54, 1.807) is 24.3 Å². The van der Waals surface area contributed by atoms with Crippen LogP contribution < -0.4 is 4.90 Å². The fourth-order valence-corrected chi connectivity index (χ4v) is 2.73. The van der Waals surface area contributed by atoms with Gasteiger partial charge >= 0.3 is 0 Å². The molecule has 0 aliphatic heterocycles. The lowest BCUT2D eigenvalue weighted by molar-refractivity contribution is -0.119. The molecule has 1 unspecified atom stereocenters. The van der Waals surface area contributed by atoms with Crippen LogP contribution in [0.4, 0.5) is 5.69 Å². The average Bonchev–Trinajstić information content (AvgIpc) is 3.14. The Bertz CT molecular complexity index is 824. The number of carbonyl (C=O) groups excluding carboxylic acids is 1. The molecular weight excluding hydrogens is 340 g/mol. The van der Waals surface area contributed by atoms with Crippen molar-refractivity contribution in [3.63, 3.8) is 0 Å². The van der Waals surface area contributed by atoms with E-state index in [1.165, 1.54) is 22.2 Å². The third-order valence-corrected chi connectivity index (χ3v) is 4.07. The zero-order valence-electron chi connectivity index (χ0n) is 13.4. The van der Waals surface area contributed by atoms with Crippen molar-refractivity contribution in [2.24, 2.45) is 0 Å². The number of hydrogen-bond acceptors (Lipinski definition) is 4. The van der Waals surface area contributed by atoms with Crippen LogP contribution in [-0.2, 0) is 11.3 Å². The minimum absolute atomic E-state index is 0.00668. The molecule has 1 amide bonds. The van der Waals surface area contributed by atoms with Gasteiger partial charge in [0.2, 0.25) is 5.91 Å². The normalized spacial score (nSPS) is 11.9. The Morgan fingerprint density at radius 1 is 1.16 bits per heavy atom. The third kappa shape index (κ3) is 4.23. The van der Waals surface area contributed by atoms with E-state index < -0.39 is 6.10 Å². The lowest BCUT2D eigenvalue weighted by Crippen LogP contribution is -2.37. The molecule has 0 saturated carbocycles. The highest BCUT2D eigenvalue weighted by atomic mass is 35.5. The van der Waals surface area contributed by atoms with Crippen LogP contribution in [0.1, 0.15) is 11.7 Å². The van der Waals surface area contributed by atoms with E-state index in [0.717, 1.165) is 5.56 Å². The number of nitrogens with zero attached hydrogens (tertiary/aromatic N) is 4. The molecule has 0 saturated heterocycles. The van der Waals surface area contributed by atoms with E-state index in [-0.39, 0.29) is 19.0 Å². The largest absolute Gasteiger partial charge is 0.387 e. The predicted molar refractivity (Wildman–Crippen MR) is 95.2 cm³/mol. The summed E-state index contributed by atoms with van der Waals surface area (Å²) >= 11 is 6.26. The van der Waals surface area contributed by atoms with Gasteiger partial charge in [-0.05, 0) is 17.7 Å². The number of halogens is 1. The summed E-state index contributed by atoms with van der Waals surface area (Å²) in [5, 5.41) is 14.9. The van der Waals surface area contributed by atoms with Gasteiger partial charge in [-0.2, -0.15) is 5.10 Å². The lowest BCUT2D eigenvalue weighted by Gasteiger charge is -2.26. The molecule has 3 rings (SSSR count). The molecule has 25 heavy (non-hydrogen) atoms. The molecule has 1 N–H and O–H groups in total. The molecule has 1 atom stereocenters. The first-order valence-electron chi connectivity index (χ1n) is 7.75. The summed E-state index contributed by atoms with van der Waals surface area (Å²) in [4.78, 5) is 18.1. The van der Waals surface area contributed by atoms with Gasteiger partial charge < -0.3 is 10.0 Å². The van der Waals surface area contributed by atoms with E-state index in [0.29, 0.717) is 10.7 Å². The number of benzene rings is 2. The maximum absolute atomic E-state index is 12.8. The van der Waals surface area contributed by atoms with Crippen molar-refractivity contribution < 1.29 is 9.90 Å². The van der Waals surface area contributed by atoms with Gasteiger partial charge in [-0.1, -0.05) is 54.1 Å². The van der Waals surface area contributed by atoms with Crippen LogP contribution in [-0.4, -0.2) is 32.3 Å². The molecule has 7 heteroatoms. The zero-order valence-corrected chi connectivity index (χ0v) is 14.1. The number of aliphatic hydroxyl groups is 1. The zero-order chi connectivity index (χ0) is 17.6. The number of hydrogen-bond donors (Lipinski definition) is 1. The van der Waals surface area contributed by atoms with E-state index in [1.807, 2.05) is 30.3 Å². The first kappa shape index (κ1) is 17.1. The predicted octanol–water partition coefficient (Wildman–Crippen LogP) is 2.70. The highest BCUT2D eigenvalue weighted by Crippen LogP contribution is 2.27. The molecule has 1 heterocycles. The number of anilines is 1. The standard InChI is InChI=1S/C18H17ClN4O2/c19-15-8-4-5-9-16(15)23(18(25)11-22-13-20-12-21-22)10-17(24)14-6-2-1-3-7-14/h1-9,12-13,17,24H,10-11H2. The lowest BCUT2D eigenvalue weighted by atomic mass is 10.1. The van der Waals surface area contributed by atoms with E-state index >= 15 is 0 Å². The van der Waals surface area contributed by atoms with Crippen molar-refractivity contribution in [2.75, 3.05) is 11.4 Å². The number of para-hydroxylation sites is 1. The van der Waals surface area contributed by atoms with Gasteiger partial charge in [0.05, 0.1) is 23.4 Å².